The second-order valence-corrected chi connectivity index (χ2v) is 2.70. The molecule has 0 spiro atoms. The minimum absolute atomic E-state index is 0.0942. The molecule has 1 aromatic rings. The van der Waals surface area contributed by atoms with Crippen LogP contribution in [0.5, 0.6) is 11.5 Å². The highest BCUT2D eigenvalue weighted by Gasteiger charge is 2.16. The molecule has 0 aliphatic rings. The number of hydrogen-bond donors (Lipinski definition) is 1. The van der Waals surface area contributed by atoms with Crippen LogP contribution in [0, 0.1) is 11.6 Å². The van der Waals surface area contributed by atoms with E-state index in [0.717, 1.165) is 6.07 Å². The number of benzene rings is 1. The zero-order valence-corrected chi connectivity index (χ0v) is 7.99. The average Bonchev–Trinajstić information content (AvgIpc) is 2.15. The van der Waals surface area contributed by atoms with Crippen molar-refractivity contribution in [3.8, 4) is 11.5 Å². The Balaban J connectivity index is 3.36. The van der Waals surface area contributed by atoms with E-state index in [4.69, 9.17) is 0 Å². The lowest BCUT2D eigenvalue weighted by molar-refractivity contribution is 0.348. The molecule has 0 radical (unpaired) electrons. The largest absolute Gasteiger partial charge is 0.493 e. The normalized spacial score (nSPS) is 9.92. The van der Waals surface area contributed by atoms with Crippen molar-refractivity contribution in [1.82, 2.24) is 0 Å². The molecule has 0 fully saturated rings. The quantitative estimate of drug-likeness (QED) is 0.748. The van der Waals surface area contributed by atoms with Crippen molar-refractivity contribution < 1.29 is 18.3 Å². The predicted octanol–water partition coefficient (Wildman–Crippen LogP) is 2.27. The number of rotatable bonds is 2. The molecule has 0 unspecified atom stereocenters. The highest BCUT2D eigenvalue weighted by atomic mass is 32.1. The van der Waals surface area contributed by atoms with Crippen molar-refractivity contribution in [3.05, 3.63) is 17.7 Å². The maximum atomic E-state index is 13.1. The number of ether oxygens (including phenoxy) is 2. The van der Waals surface area contributed by atoms with Crippen LogP contribution in [0.4, 0.5) is 8.78 Å². The minimum atomic E-state index is -0.830. The zero-order chi connectivity index (χ0) is 10.0. The highest BCUT2D eigenvalue weighted by Crippen LogP contribution is 2.32. The molecule has 2 nitrogen and oxygen atoms in total. The van der Waals surface area contributed by atoms with E-state index < -0.39 is 16.5 Å². The van der Waals surface area contributed by atoms with Gasteiger partial charge in [-0.2, -0.15) is 0 Å². The summed E-state index contributed by atoms with van der Waals surface area (Å²) in [5, 5.41) is 0. The Kier molecular flexibility index (Phi) is 2.98. The lowest BCUT2D eigenvalue weighted by Crippen LogP contribution is -1.96. The summed E-state index contributed by atoms with van der Waals surface area (Å²) in [6, 6.07) is 1.13. The molecule has 0 aromatic heterocycles. The second-order valence-electron chi connectivity index (χ2n) is 2.26. The van der Waals surface area contributed by atoms with Gasteiger partial charge in [-0.25, -0.2) is 8.78 Å². The van der Waals surface area contributed by atoms with E-state index in [1.54, 1.807) is 0 Å². The number of thiol groups is 1. The number of methoxy groups -OCH3 is 2. The summed E-state index contributed by atoms with van der Waals surface area (Å²) in [6.07, 6.45) is 0. The first kappa shape index (κ1) is 10.1. The van der Waals surface area contributed by atoms with Crippen LogP contribution >= 0.6 is 12.6 Å². The van der Waals surface area contributed by atoms with Gasteiger partial charge in [0.2, 0.25) is 0 Å². The van der Waals surface area contributed by atoms with Crippen LogP contribution in [-0.2, 0) is 0 Å². The van der Waals surface area contributed by atoms with Crippen molar-refractivity contribution in [3.63, 3.8) is 0 Å². The third-order valence-corrected chi connectivity index (χ3v) is 1.94. The van der Waals surface area contributed by atoms with Gasteiger partial charge < -0.3 is 9.47 Å². The molecule has 5 heteroatoms. The van der Waals surface area contributed by atoms with Crippen LogP contribution in [0.2, 0.25) is 0 Å². The fourth-order valence-corrected chi connectivity index (χ4v) is 1.09. The first-order chi connectivity index (χ1) is 6.11. The van der Waals surface area contributed by atoms with Crippen LogP contribution in [0.3, 0.4) is 0 Å². The Bertz CT molecular complexity index is 300. The standard InChI is InChI=1S/C8H8F2O2S/c1-11-4-3-5(12-2)7(10)8(13)6(4)9/h3,13H,1-2H3. The molecule has 0 saturated heterocycles. The lowest BCUT2D eigenvalue weighted by Gasteiger charge is -2.08. The maximum absolute atomic E-state index is 13.1. The van der Waals surface area contributed by atoms with Gasteiger partial charge in [-0.05, 0) is 0 Å². The first-order valence-corrected chi connectivity index (χ1v) is 3.85. The van der Waals surface area contributed by atoms with Gasteiger partial charge in [0.05, 0.1) is 19.1 Å². The number of hydrogen-bond acceptors (Lipinski definition) is 3. The molecule has 13 heavy (non-hydrogen) atoms. The van der Waals surface area contributed by atoms with Gasteiger partial charge in [-0.3, -0.25) is 0 Å². The van der Waals surface area contributed by atoms with E-state index in [1.165, 1.54) is 14.2 Å². The van der Waals surface area contributed by atoms with Gasteiger partial charge in [0.15, 0.2) is 23.1 Å². The molecule has 0 saturated carbocycles. The Hall–Kier alpha value is -0.970. The van der Waals surface area contributed by atoms with Gasteiger partial charge in [0, 0.05) is 6.07 Å². The lowest BCUT2D eigenvalue weighted by atomic mass is 10.3. The van der Waals surface area contributed by atoms with Crippen molar-refractivity contribution in [2.24, 2.45) is 0 Å². The molecule has 1 rings (SSSR count). The van der Waals surface area contributed by atoms with E-state index >= 15 is 0 Å². The molecule has 72 valence electrons. The fourth-order valence-electron chi connectivity index (χ4n) is 0.873. The summed E-state index contributed by atoms with van der Waals surface area (Å²) in [6.45, 7) is 0. The van der Waals surface area contributed by atoms with Crippen molar-refractivity contribution >= 4 is 12.6 Å². The Morgan fingerprint density at radius 3 is 1.77 bits per heavy atom. The predicted molar refractivity (Wildman–Crippen MR) is 46.7 cm³/mol. The van der Waals surface area contributed by atoms with Crippen molar-refractivity contribution in [1.29, 1.82) is 0 Å². The Morgan fingerprint density at radius 1 is 1.08 bits per heavy atom. The van der Waals surface area contributed by atoms with Gasteiger partial charge in [0.25, 0.3) is 0 Å². The smallest absolute Gasteiger partial charge is 0.181 e. The van der Waals surface area contributed by atoms with Gasteiger partial charge in [-0.15, -0.1) is 12.6 Å². The number of halogens is 2. The molecular formula is C8H8F2O2S. The molecule has 0 aliphatic carbocycles. The average molecular weight is 206 g/mol. The Labute approximate surface area is 79.9 Å². The van der Waals surface area contributed by atoms with E-state index in [9.17, 15) is 8.78 Å². The van der Waals surface area contributed by atoms with E-state index in [-0.39, 0.29) is 11.5 Å². The molecule has 0 amide bonds. The fraction of sp³-hybridized carbons (Fsp3) is 0.250. The summed E-state index contributed by atoms with van der Waals surface area (Å²) in [5.74, 6) is -1.85. The molecular weight excluding hydrogens is 198 g/mol. The summed E-state index contributed by atoms with van der Waals surface area (Å²) < 4.78 is 35.5. The SMILES string of the molecule is COc1cc(OC)c(F)c(S)c1F. The maximum Gasteiger partial charge on any atom is 0.181 e. The summed E-state index contributed by atoms with van der Waals surface area (Å²) in [5.41, 5.74) is 0. The second kappa shape index (κ2) is 3.83. The van der Waals surface area contributed by atoms with E-state index in [2.05, 4.69) is 22.1 Å². The van der Waals surface area contributed by atoms with Crippen LogP contribution < -0.4 is 9.47 Å². The third kappa shape index (κ3) is 1.70. The summed E-state index contributed by atoms with van der Waals surface area (Å²) in [7, 11) is 2.56. The Morgan fingerprint density at radius 2 is 1.46 bits per heavy atom. The molecule has 0 aliphatic heterocycles. The molecule has 0 bridgehead atoms. The third-order valence-electron chi connectivity index (χ3n) is 1.55. The monoisotopic (exact) mass is 206 g/mol. The minimum Gasteiger partial charge on any atom is -0.493 e. The van der Waals surface area contributed by atoms with Crippen LogP contribution in [-0.4, -0.2) is 14.2 Å². The summed E-state index contributed by atoms with van der Waals surface area (Å²) >= 11 is 3.65. The van der Waals surface area contributed by atoms with E-state index in [0.29, 0.717) is 0 Å². The van der Waals surface area contributed by atoms with Crippen molar-refractivity contribution in [2.45, 2.75) is 4.90 Å². The summed E-state index contributed by atoms with van der Waals surface area (Å²) in [4.78, 5) is -0.406. The van der Waals surface area contributed by atoms with Crippen LogP contribution in [0.25, 0.3) is 0 Å². The van der Waals surface area contributed by atoms with E-state index in [1.807, 2.05) is 0 Å². The van der Waals surface area contributed by atoms with Gasteiger partial charge in [-0.1, -0.05) is 0 Å². The van der Waals surface area contributed by atoms with Crippen molar-refractivity contribution in [2.75, 3.05) is 14.2 Å². The topological polar surface area (TPSA) is 18.5 Å². The molecule has 0 atom stereocenters. The van der Waals surface area contributed by atoms with Crippen LogP contribution in [0.1, 0.15) is 0 Å². The van der Waals surface area contributed by atoms with Crippen LogP contribution in [0.15, 0.2) is 11.0 Å². The molecule has 1 aromatic carbocycles. The van der Waals surface area contributed by atoms with Gasteiger partial charge >= 0.3 is 0 Å². The highest BCUT2D eigenvalue weighted by molar-refractivity contribution is 7.80. The molecule has 0 N–H and O–H groups in total. The molecule has 0 heterocycles. The first-order valence-electron chi connectivity index (χ1n) is 3.40. The van der Waals surface area contributed by atoms with Gasteiger partial charge in [0.1, 0.15) is 0 Å². The zero-order valence-electron chi connectivity index (χ0n) is 7.10.